The average Bonchev–Trinajstić information content (AvgIpc) is 2.39. The summed E-state index contributed by atoms with van der Waals surface area (Å²) in [7, 11) is 0. The summed E-state index contributed by atoms with van der Waals surface area (Å²) in [6.45, 7) is 0. The van der Waals surface area contributed by atoms with Gasteiger partial charge in [-0.05, 0) is 25.0 Å². The first-order chi connectivity index (χ1) is 8.75. The molecule has 0 saturated heterocycles. The molecule has 4 heteroatoms. The van der Waals surface area contributed by atoms with Crippen LogP contribution in [0.5, 0.6) is 5.75 Å². The number of nitrogens with one attached hydrogen (secondary N) is 1. The van der Waals surface area contributed by atoms with Gasteiger partial charge in [0.1, 0.15) is 5.75 Å². The molecule has 1 aromatic carbocycles. The number of phenolic OH excluding ortho intramolecular Hbond substituents is 1. The summed E-state index contributed by atoms with van der Waals surface area (Å²) in [5.74, 6) is 0.678. The summed E-state index contributed by atoms with van der Waals surface area (Å²) in [4.78, 5) is 12.5. The molecule has 1 aromatic rings. The smallest absolute Gasteiger partial charge is 0.230 e. The predicted octanol–water partition coefficient (Wildman–Crippen LogP) is 2.93. The highest BCUT2D eigenvalue weighted by Crippen LogP contribution is 2.27. The van der Waals surface area contributed by atoms with Crippen LogP contribution in [0.2, 0.25) is 0 Å². The highest BCUT2D eigenvalue weighted by Gasteiger charge is 2.15. The van der Waals surface area contributed by atoms with E-state index in [0.717, 1.165) is 17.7 Å². The molecule has 0 aliphatic heterocycles. The van der Waals surface area contributed by atoms with Crippen molar-refractivity contribution in [2.24, 2.45) is 0 Å². The Morgan fingerprint density at radius 2 is 2.00 bits per heavy atom. The van der Waals surface area contributed by atoms with Crippen LogP contribution < -0.4 is 5.32 Å². The lowest BCUT2D eigenvalue weighted by atomic mass is 9.95. The molecule has 1 aliphatic rings. The van der Waals surface area contributed by atoms with E-state index < -0.39 is 0 Å². The van der Waals surface area contributed by atoms with E-state index in [0.29, 0.717) is 11.8 Å². The van der Waals surface area contributed by atoms with Gasteiger partial charge in [-0.1, -0.05) is 31.4 Å². The molecule has 0 aromatic heterocycles. The number of para-hydroxylation sites is 1. The van der Waals surface area contributed by atoms with Crippen LogP contribution in [0.3, 0.4) is 0 Å². The molecule has 2 rings (SSSR count). The summed E-state index contributed by atoms with van der Waals surface area (Å²) in [5.41, 5.74) is 0. The molecule has 1 saturated carbocycles. The largest absolute Gasteiger partial charge is 0.507 e. The molecule has 0 bridgehead atoms. The molecule has 0 atom stereocenters. The number of hydrogen-bond acceptors (Lipinski definition) is 3. The van der Waals surface area contributed by atoms with Gasteiger partial charge in [0, 0.05) is 10.9 Å². The minimum Gasteiger partial charge on any atom is -0.507 e. The molecular weight excluding hydrogens is 246 g/mol. The molecule has 2 N–H and O–H groups in total. The van der Waals surface area contributed by atoms with Crippen LogP contribution in [0.25, 0.3) is 0 Å². The van der Waals surface area contributed by atoms with Crippen molar-refractivity contribution in [3.8, 4) is 5.75 Å². The van der Waals surface area contributed by atoms with E-state index >= 15 is 0 Å². The molecule has 0 unspecified atom stereocenters. The highest BCUT2D eigenvalue weighted by molar-refractivity contribution is 8.00. The van der Waals surface area contributed by atoms with Crippen molar-refractivity contribution in [2.45, 2.75) is 43.0 Å². The van der Waals surface area contributed by atoms with E-state index in [-0.39, 0.29) is 11.7 Å². The van der Waals surface area contributed by atoms with Crippen LogP contribution in [0.4, 0.5) is 0 Å². The number of aromatic hydroxyl groups is 1. The first-order valence-corrected chi connectivity index (χ1v) is 7.44. The van der Waals surface area contributed by atoms with Gasteiger partial charge in [0.05, 0.1) is 5.75 Å². The normalized spacial score (nSPS) is 16.4. The van der Waals surface area contributed by atoms with E-state index in [1.165, 1.54) is 31.0 Å². The number of phenols is 1. The monoisotopic (exact) mass is 265 g/mol. The molecule has 18 heavy (non-hydrogen) atoms. The Balaban J connectivity index is 1.76. The molecule has 0 radical (unpaired) electrons. The van der Waals surface area contributed by atoms with Gasteiger partial charge < -0.3 is 10.4 Å². The molecule has 1 amide bonds. The van der Waals surface area contributed by atoms with Gasteiger partial charge >= 0.3 is 0 Å². The molecule has 0 spiro atoms. The van der Waals surface area contributed by atoms with E-state index in [9.17, 15) is 9.90 Å². The Bertz CT molecular complexity index is 403. The quantitative estimate of drug-likeness (QED) is 0.823. The van der Waals surface area contributed by atoms with Crippen LogP contribution in [0.1, 0.15) is 32.1 Å². The summed E-state index contributed by atoms with van der Waals surface area (Å²) < 4.78 is 0. The lowest BCUT2D eigenvalue weighted by Gasteiger charge is -2.22. The Kier molecular flexibility index (Phi) is 4.93. The van der Waals surface area contributed by atoms with Crippen LogP contribution in [0, 0.1) is 0 Å². The number of rotatable bonds is 4. The zero-order valence-electron chi connectivity index (χ0n) is 10.4. The minimum atomic E-state index is 0.0650. The fraction of sp³-hybridized carbons (Fsp3) is 0.500. The average molecular weight is 265 g/mol. The number of carbonyl (C=O) groups is 1. The van der Waals surface area contributed by atoms with E-state index in [2.05, 4.69) is 5.32 Å². The molecule has 0 heterocycles. The van der Waals surface area contributed by atoms with Crippen LogP contribution in [0.15, 0.2) is 29.2 Å². The van der Waals surface area contributed by atoms with Crippen LogP contribution >= 0.6 is 11.8 Å². The number of carbonyl (C=O) groups excluding carboxylic acids is 1. The topological polar surface area (TPSA) is 49.3 Å². The first kappa shape index (κ1) is 13.3. The fourth-order valence-corrected chi connectivity index (χ4v) is 3.00. The summed E-state index contributed by atoms with van der Waals surface area (Å²) in [5, 5.41) is 12.7. The Morgan fingerprint density at radius 1 is 1.28 bits per heavy atom. The molecular formula is C14H19NO2S. The maximum atomic E-state index is 11.8. The second-order valence-electron chi connectivity index (χ2n) is 4.66. The second kappa shape index (κ2) is 6.69. The molecule has 1 aliphatic carbocycles. The van der Waals surface area contributed by atoms with E-state index in [4.69, 9.17) is 0 Å². The number of hydrogen-bond donors (Lipinski definition) is 2. The van der Waals surface area contributed by atoms with Crippen molar-refractivity contribution in [3.05, 3.63) is 24.3 Å². The van der Waals surface area contributed by atoms with Gasteiger partial charge in [-0.2, -0.15) is 0 Å². The highest BCUT2D eigenvalue weighted by atomic mass is 32.2. The minimum absolute atomic E-state index is 0.0650. The van der Waals surface area contributed by atoms with Crippen molar-refractivity contribution in [1.29, 1.82) is 0 Å². The summed E-state index contributed by atoms with van der Waals surface area (Å²) in [6.07, 6.45) is 5.94. The predicted molar refractivity (Wildman–Crippen MR) is 73.8 cm³/mol. The summed E-state index contributed by atoms with van der Waals surface area (Å²) >= 11 is 1.38. The Labute approximate surface area is 112 Å². The third kappa shape index (κ3) is 3.95. The van der Waals surface area contributed by atoms with Gasteiger partial charge in [-0.3, -0.25) is 4.79 Å². The van der Waals surface area contributed by atoms with E-state index in [1.807, 2.05) is 12.1 Å². The van der Waals surface area contributed by atoms with Crippen molar-refractivity contribution in [1.82, 2.24) is 5.32 Å². The van der Waals surface area contributed by atoms with Crippen LogP contribution in [-0.4, -0.2) is 22.8 Å². The lowest BCUT2D eigenvalue weighted by molar-refractivity contribution is -0.119. The first-order valence-electron chi connectivity index (χ1n) is 6.46. The fourth-order valence-electron chi connectivity index (χ4n) is 2.24. The molecule has 98 valence electrons. The molecule has 1 fully saturated rings. The zero-order chi connectivity index (χ0) is 12.8. The lowest BCUT2D eigenvalue weighted by Crippen LogP contribution is -2.37. The third-order valence-electron chi connectivity index (χ3n) is 3.19. The third-order valence-corrected chi connectivity index (χ3v) is 4.26. The molecule has 3 nitrogen and oxygen atoms in total. The van der Waals surface area contributed by atoms with Crippen LogP contribution in [-0.2, 0) is 4.79 Å². The van der Waals surface area contributed by atoms with Gasteiger partial charge in [-0.15, -0.1) is 11.8 Å². The number of thioether (sulfide) groups is 1. The SMILES string of the molecule is O=C(CSc1ccccc1O)NC1CCCCC1. The van der Waals surface area contributed by atoms with Gasteiger partial charge in [0.25, 0.3) is 0 Å². The number of benzene rings is 1. The van der Waals surface area contributed by atoms with Crippen molar-refractivity contribution < 1.29 is 9.90 Å². The Hall–Kier alpha value is -1.16. The standard InChI is InChI=1S/C14H19NO2S/c16-12-8-4-5-9-13(12)18-10-14(17)15-11-6-2-1-3-7-11/h4-5,8-9,11,16H,1-3,6-7,10H2,(H,15,17). The van der Waals surface area contributed by atoms with Crippen molar-refractivity contribution in [3.63, 3.8) is 0 Å². The maximum Gasteiger partial charge on any atom is 0.230 e. The number of amides is 1. The van der Waals surface area contributed by atoms with Gasteiger partial charge in [0.2, 0.25) is 5.91 Å². The maximum absolute atomic E-state index is 11.8. The second-order valence-corrected chi connectivity index (χ2v) is 5.68. The van der Waals surface area contributed by atoms with Crippen molar-refractivity contribution in [2.75, 3.05) is 5.75 Å². The van der Waals surface area contributed by atoms with Crippen molar-refractivity contribution >= 4 is 17.7 Å². The summed E-state index contributed by atoms with van der Waals surface area (Å²) in [6, 6.07) is 7.47. The Morgan fingerprint density at radius 3 is 2.72 bits per heavy atom. The van der Waals surface area contributed by atoms with E-state index in [1.54, 1.807) is 12.1 Å². The zero-order valence-corrected chi connectivity index (χ0v) is 11.2. The van der Waals surface area contributed by atoms with Gasteiger partial charge in [0.15, 0.2) is 0 Å². The van der Waals surface area contributed by atoms with Gasteiger partial charge in [-0.25, -0.2) is 0 Å².